The third-order valence-electron chi connectivity index (χ3n) is 4.87. The first kappa shape index (κ1) is 16.7. The SMILES string of the molecule is CN1CC(CN2CCC(O)(c3ccc(Cl)cc3)CC2)OCC1=O. The maximum Gasteiger partial charge on any atom is 0.248 e. The normalized spacial score (nSPS) is 25.6. The molecule has 3 rings (SSSR count). The van der Waals surface area contributed by atoms with Gasteiger partial charge in [0.05, 0.1) is 11.7 Å². The number of ether oxygens (including phenoxy) is 1. The second kappa shape index (κ2) is 6.77. The van der Waals surface area contributed by atoms with E-state index in [-0.39, 0.29) is 18.6 Å². The van der Waals surface area contributed by atoms with E-state index in [0.717, 1.165) is 25.2 Å². The Balaban J connectivity index is 1.54. The Kier molecular flexibility index (Phi) is 4.92. The van der Waals surface area contributed by atoms with Crippen molar-refractivity contribution >= 4 is 17.5 Å². The zero-order valence-corrected chi connectivity index (χ0v) is 14.1. The van der Waals surface area contributed by atoms with Crippen LogP contribution in [0.1, 0.15) is 18.4 Å². The maximum absolute atomic E-state index is 11.4. The highest BCUT2D eigenvalue weighted by atomic mass is 35.5. The highest BCUT2D eigenvalue weighted by Crippen LogP contribution is 2.33. The smallest absolute Gasteiger partial charge is 0.248 e. The first-order valence-corrected chi connectivity index (χ1v) is 8.40. The van der Waals surface area contributed by atoms with Gasteiger partial charge < -0.3 is 19.6 Å². The molecular formula is C17H23ClN2O3. The molecule has 5 nitrogen and oxygen atoms in total. The number of halogens is 1. The van der Waals surface area contributed by atoms with Gasteiger partial charge in [0.1, 0.15) is 6.61 Å². The van der Waals surface area contributed by atoms with Crippen molar-refractivity contribution in [3.05, 3.63) is 34.9 Å². The van der Waals surface area contributed by atoms with Gasteiger partial charge in [0.25, 0.3) is 0 Å². The lowest BCUT2D eigenvalue weighted by molar-refractivity contribution is -0.148. The number of benzene rings is 1. The van der Waals surface area contributed by atoms with Crippen molar-refractivity contribution in [1.82, 2.24) is 9.80 Å². The summed E-state index contributed by atoms with van der Waals surface area (Å²) >= 11 is 5.92. The van der Waals surface area contributed by atoms with Gasteiger partial charge in [0, 0.05) is 38.2 Å². The summed E-state index contributed by atoms with van der Waals surface area (Å²) in [6, 6.07) is 7.46. The van der Waals surface area contributed by atoms with Gasteiger partial charge in [-0.25, -0.2) is 0 Å². The molecule has 1 N–H and O–H groups in total. The average molecular weight is 339 g/mol. The zero-order chi connectivity index (χ0) is 16.4. The molecule has 23 heavy (non-hydrogen) atoms. The molecule has 0 spiro atoms. The number of carbonyl (C=O) groups excluding carboxylic acids is 1. The van der Waals surface area contributed by atoms with Gasteiger partial charge in [-0.3, -0.25) is 4.79 Å². The highest BCUT2D eigenvalue weighted by molar-refractivity contribution is 6.30. The number of carbonyl (C=O) groups is 1. The zero-order valence-electron chi connectivity index (χ0n) is 13.4. The number of likely N-dealkylation sites (N-methyl/N-ethyl adjacent to an activating group) is 1. The van der Waals surface area contributed by atoms with Crippen LogP contribution in [0.5, 0.6) is 0 Å². The Morgan fingerprint density at radius 3 is 2.57 bits per heavy atom. The second-order valence-electron chi connectivity index (χ2n) is 6.55. The molecule has 1 amide bonds. The van der Waals surface area contributed by atoms with Crippen LogP contribution < -0.4 is 0 Å². The molecule has 6 heteroatoms. The minimum Gasteiger partial charge on any atom is -0.385 e. The number of rotatable bonds is 3. The second-order valence-corrected chi connectivity index (χ2v) is 6.98. The molecule has 0 aromatic heterocycles. The van der Waals surface area contributed by atoms with Crippen LogP contribution in [0.4, 0.5) is 0 Å². The number of piperidine rings is 1. The van der Waals surface area contributed by atoms with Crippen molar-refractivity contribution in [2.75, 3.05) is 39.8 Å². The molecule has 2 heterocycles. The fourth-order valence-corrected chi connectivity index (χ4v) is 3.44. The summed E-state index contributed by atoms with van der Waals surface area (Å²) in [7, 11) is 1.81. The molecular weight excluding hydrogens is 316 g/mol. The number of aliphatic hydroxyl groups is 1. The van der Waals surface area contributed by atoms with Crippen LogP contribution in [0.25, 0.3) is 0 Å². The third-order valence-corrected chi connectivity index (χ3v) is 5.12. The van der Waals surface area contributed by atoms with Crippen LogP contribution >= 0.6 is 11.6 Å². The van der Waals surface area contributed by atoms with E-state index in [1.807, 2.05) is 31.3 Å². The fraction of sp³-hybridized carbons (Fsp3) is 0.588. The first-order chi connectivity index (χ1) is 11.0. The highest BCUT2D eigenvalue weighted by Gasteiger charge is 2.35. The van der Waals surface area contributed by atoms with Crippen LogP contribution in [-0.4, -0.2) is 66.8 Å². The van der Waals surface area contributed by atoms with Gasteiger partial charge in [-0.2, -0.15) is 0 Å². The summed E-state index contributed by atoms with van der Waals surface area (Å²) < 4.78 is 5.60. The monoisotopic (exact) mass is 338 g/mol. The summed E-state index contributed by atoms with van der Waals surface area (Å²) in [6.45, 7) is 3.24. The minimum absolute atomic E-state index is 0.0389. The van der Waals surface area contributed by atoms with E-state index in [4.69, 9.17) is 16.3 Å². The number of hydrogen-bond acceptors (Lipinski definition) is 4. The Morgan fingerprint density at radius 1 is 1.30 bits per heavy atom. The van der Waals surface area contributed by atoms with Gasteiger partial charge in [0.2, 0.25) is 5.91 Å². The molecule has 1 aromatic rings. The van der Waals surface area contributed by atoms with Gasteiger partial charge in [-0.1, -0.05) is 23.7 Å². The van der Waals surface area contributed by atoms with Crippen LogP contribution in [-0.2, 0) is 15.1 Å². The van der Waals surface area contributed by atoms with Crippen LogP contribution in [0, 0.1) is 0 Å². The minimum atomic E-state index is -0.777. The van der Waals surface area contributed by atoms with Crippen molar-refractivity contribution in [2.45, 2.75) is 24.5 Å². The van der Waals surface area contributed by atoms with E-state index in [1.165, 1.54) is 0 Å². The Bertz CT molecular complexity index is 555. The van der Waals surface area contributed by atoms with Crippen molar-refractivity contribution in [1.29, 1.82) is 0 Å². The Labute approximate surface area is 141 Å². The summed E-state index contributed by atoms with van der Waals surface area (Å²) in [5.41, 5.74) is 0.155. The average Bonchev–Trinajstić information content (AvgIpc) is 2.54. The van der Waals surface area contributed by atoms with E-state index in [2.05, 4.69) is 4.90 Å². The molecule has 2 saturated heterocycles. The summed E-state index contributed by atoms with van der Waals surface area (Å²) in [4.78, 5) is 15.5. The van der Waals surface area contributed by atoms with Crippen molar-refractivity contribution in [3.63, 3.8) is 0 Å². The topological polar surface area (TPSA) is 53.0 Å². The molecule has 0 saturated carbocycles. The Morgan fingerprint density at radius 2 is 1.96 bits per heavy atom. The lowest BCUT2D eigenvalue weighted by Gasteiger charge is -2.40. The number of hydrogen-bond donors (Lipinski definition) is 1. The van der Waals surface area contributed by atoms with E-state index < -0.39 is 5.60 Å². The van der Waals surface area contributed by atoms with Crippen molar-refractivity contribution in [3.8, 4) is 0 Å². The predicted molar refractivity (Wildman–Crippen MR) is 88.4 cm³/mol. The molecule has 0 bridgehead atoms. The van der Waals surface area contributed by atoms with E-state index in [0.29, 0.717) is 24.4 Å². The standard InChI is InChI=1S/C17H23ClN2O3/c1-19-10-15(23-12-16(19)21)11-20-8-6-17(22,7-9-20)13-2-4-14(18)5-3-13/h2-5,15,22H,6-12H2,1H3. The number of likely N-dealkylation sites (tertiary alicyclic amines) is 1. The summed E-state index contributed by atoms with van der Waals surface area (Å²) in [5, 5.41) is 11.6. The number of nitrogens with zero attached hydrogens (tertiary/aromatic N) is 2. The molecule has 0 radical (unpaired) electrons. The van der Waals surface area contributed by atoms with Gasteiger partial charge in [0.15, 0.2) is 0 Å². The lowest BCUT2D eigenvalue weighted by atomic mass is 9.84. The van der Waals surface area contributed by atoms with Crippen LogP contribution in [0.2, 0.25) is 5.02 Å². The Hall–Kier alpha value is -1.14. The molecule has 126 valence electrons. The van der Waals surface area contributed by atoms with Crippen molar-refractivity contribution in [2.24, 2.45) is 0 Å². The number of morpholine rings is 1. The van der Waals surface area contributed by atoms with E-state index in [9.17, 15) is 9.90 Å². The molecule has 0 aliphatic carbocycles. The predicted octanol–water partition coefficient (Wildman–Crippen LogP) is 1.48. The first-order valence-electron chi connectivity index (χ1n) is 8.03. The summed E-state index contributed by atoms with van der Waals surface area (Å²) in [6.07, 6.45) is 1.44. The van der Waals surface area contributed by atoms with Gasteiger partial charge in [-0.05, 0) is 30.5 Å². The van der Waals surface area contributed by atoms with E-state index in [1.54, 1.807) is 4.90 Å². The molecule has 1 atom stereocenters. The lowest BCUT2D eigenvalue weighted by Crippen LogP contribution is -2.51. The molecule has 1 aromatic carbocycles. The molecule has 2 aliphatic rings. The summed E-state index contributed by atoms with van der Waals surface area (Å²) in [5.74, 6) is 0.0389. The molecule has 2 aliphatic heterocycles. The fourth-order valence-electron chi connectivity index (χ4n) is 3.31. The van der Waals surface area contributed by atoms with E-state index >= 15 is 0 Å². The largest absolute Gasteiger partial charge is 0.385 e. The number of amides is 1. The van der Waals surface area contributed by atoms with Crippen LogP contribution in [0.15, 0.2) is 24.3 Å². The van der Waals surface area contributed by atoms with Gasteiger partial charge >= 0.3 is 0 Å². The van der Waals surface area contributed by atoms with Gasteiger partial charge in [-0.15, -0.1) is 0 Å². The van der Waals surface area contributed by atoms with Crippen LogP contribution in [0.3, 0.4) is 0 Å². The maximum atomic E-state index is 11.4. The molecule has 2 fully saturated rings. The quantitative estimate of drug-likeness (QED) is 0.907. The third kappa shape index (κ3) is 3.86. The molecule has 1 unspecified atom stereocenters. The van der Waals surface area contributed by atoms with Crippen molar-refractivity contribution < 1.29 is 14.6 Å².